The Bertz CT molecular complexity index is 824. The molecule has 130 valence electrons. The standard InChI is InChI=1S/C14H15N3O5S.ClH/c15-7-23(21,22)11-3-1-2-8-9(11)6-17(14(8)20)10-4-5-12(18)16-13(10)19;/h1-3,10H,4-7,15H2,(H,16,18,19);1H. The maximum atomic E-state index is 12.5. The summed E-state index contributed by atoms with van der Waals surface area (Å²) in [6.07, 6.45) is 0.369. The fourth-order valence-electron chi connectivity index (χ4n) is 2.94. The molecule has 1 aromatic carbocycles. The molecule has 3 amide bonds. The van der Waals surface area contributed by atoms with Crippen molar-refractivity contribution in [2.45, 2.75) is 30.3 Å². The van der Waals surface area contributed by atoms with Gasteiger partial charge in [-0.1, -0.05) is 6.07 Å². The Labute approximate surface area is 144 Å². The van der Waals surface area contributed by atoms with Crippen LogP contribution in [0.15, 0.2) is 23.1 Å². The van der Waals surface area contributed by atoms with E-state index in [2.05, 4.69) is 5.32 Å². The van der Waals surface area contributed by atoms with Crippen molar-refractivity contribution >= 4 is 40.0 Å². The van der Waals surface area contributed by atoms with Gasteiger partial charge in [0.25, 0.3) is 5.91 Å². The zero-order valence-corrected chi connectivity index (χ0v) is 14.2. The van der Waals surface area contributed by atoms with Crippen molar-refractivity contribution in [1.82, 2.24) is 10.2 Å². The number of nitrogens with zero attached hydrogens (tertiary/aromatic N) is 1. The molecule has 0 bridgehead atoms. The quantitative estimate of drug-likeness (QED) is 0.691. The van der Waals surface area contributed by atoms with Gasteiger partial charge < -0.3 is 10.6 Å². The smallest absolute Gasteiger partial charge is 0.255 e. The lowest BCUT2D eigenvalue weighted by Gasteiger charge is -2.29. The summed E-state index contributed by atoms with van der Waals surface area (Å²) in [6, 6.07) is 3.63. The average Bonchev–Trinajstić information content (AvgIpc) is 2.84. The molecule has 0 aliphatic carbocycles. The fourth-order valence-corrected chi connectivity index (χ4v) is 3.95. The van der Waals surface area contributed by atoms with E-state index in [-0.39, 0.29) is 48.2 Å². The van der Waals surface area contributed by atoms with Crippen molar-refractivity contribution in [3.05, 3.63) is 29.3 Å². The van der Waals surface area contributed by atoms with Gasteiger partial charge in [-0.2, -0.15) is 0 Å². The van der Waals surface area contributed by atoms with E-state index >= 15 is 0 Å². The van der Waals surface area contributed by atoms with E-state index in [1.54, 1.807) is 0 Å². The van der Waals surface area contributed by atoms with E-state index < -0.39 is 33.6 Å². The van der Waals surface area contributed by atoms with Gasteiger partial charge in [-0.15, -0.1) is 12.4 Å². The highest BCUT2D eigenvalue weighted by molar-refractivity contribution is 7.91. The Hall–Kier alpha value is -1.97. The number of sulfone groups is 1. The Morgan fingerprint density at radius 3 is 2.58 bits per heavy atom. The number of imide groups is 1. The molecular formula is C14H16ClN3O5S. The second kappa shape index (κ2) is 6.50. The van der Waals surface area contributed by atoms with Gasteiger partial charge in [0.05, 0.1) is 4.90 Å². The first-order valence-corrected chi connectivity index (χ1v) is 8.70. The number of carbonyl (C=O) groups is 3. The second-order valence-electron chi connectivity index (χ2n) is 5.46. The molecule has 24 heavy (non-hydrogen) atoms. The predicted octanol–water partition coefficient (Wildman–Crippen LogP) is -0.441. The summed E-state index contributed by atoms with van der Waals surface area (Å²) in [5, 5.41) is 2.20. The van der Waals surface area contributed by atoms with Crippen LogP contribution in [0.3, 0.4) is 0 Å². The Balaban J connectivity index is 0.00000208. The maximum Gasteiger partial charge on any atom is 0.255 e. The number of rotatable bonds is 3. The highest BCUT2D eigenvalue weighted by Gasteiger charge is 2.40. The van der Waals surface area contributed by atoms with Crippen LogP contribution in [-0.4, -0.2) is 43.0 Å². The van der Waals surface area contributed by atoms with Gasteiger partial charge in [0.15, 0.2) is 9.84 Å². The molecule has 10 heteroatoms. The largest absolute Gasteiger partial charge is 0.322 e. The maximum absolute atomic E-state index is 12.5. The van der Waals surface area contributed by atoms with Gasteiger partial charge in [0, 0.05) is 24.1 Å². The lowest BCUT2D eigenvalue weighted by molar-refractivity contribution is -0.136. The molecule has 1 saturated heterocycles. The molecule has 0 aromatic heterocycles. The first kappa shape index (κ1) is 18.4. The van der Waals surface area contributed by atoms with Crippen molar-refractivity contribution in [2.24, 2.45) is 5.73 Å². The number of fused-ring (bicyclic) bond motifs is 1. The highest BCUT2D eigenvalue weighted by atomic mass is 35.5. The molecule has 0 spiro atoms. The van der Waals surface area contributed by atoms with Crippen LogP contribution in [0, 0.1) is 0 Å². The van der Waals surface area contributed by atoms with Crippen molar-refractivity contribution < 1.29 is 22.8 Å². The van der Waals surface area contributed by atoms with E-state index in [4.69, 9.17) is 5.73 Å². The number of hydrogen-bond donors (Lipinski definition) is 2. The van der Waals surface area contributed by atoms with Gasteiger partial charge in [0.2, 0.25) is 11.8 Å². The van der Waals surface area contributed by atoms with Crippen LogP contribution in [0.4, 0.5) is 0 Å². The molecule has 3 N–H and O–H groups in total. The molecule has 1 fully saturated rings. The van der Waals surface area contributed by atoms with E-state index in [1.165, 1.54) is 23.1 Å². The number of nitrogens with two attached hydrogens (primary N) is 1. The van der Waals surface area contributed by atoms with Gasteiger partial charge in [-0.05, 0) is 18.6 Å². The van der Waals surface area contributed by atoms with Crippen molar-refractivity contribution in [1.29, 1.82) is 0 Å². The minimum absolute atomic E-state index is 0. The van der Waals surface area contributed by atoms with Gasteiger partial charge in [-0.25, -0.2) is 8.42 Å². The van der Waals surface area contributed by atoms with Gasteiger partial charge in [0.1, 0.15) is 11.9 Å². The van der Waals surface area contributed by atoms with Crippen LogP contribution in [0.2, 0.25) is 0 Å². The minimum Gasteiger partial charge on any atom is -0.322 e. The predicted molar refractivity (Wildman–Crippen MR) is 86.0 cm³/mol. The lowest BCUT2D eigenvalue weighted by atomic mass is 10.0. The van der Waals surface area contributed by atoms with E-state index in [0.717, 1.165) is 0 Å². The van der Waals surface area contributed by atoms with Crippen LogP contribution in [-0.2, 0) is 26.0 Å². The number of nitrogens with one attached hydrogen (secondary N) is 1. The summed E-state index contributed by atoms with van der Waals surface area (Å²) in [7, 11) is -3.68. The first-order chi connectivity index (χ1) is 10.8. The number of halogens is 1. The van der Waals surface area contributed by atoms with Crippen LogP contribution in [0.1, 0.15) is 28.8 Å². The molecule has 3 rings (SSSR count). The molecule has 1 atom stereocenters. The van der Waals surface area contributed by atoms with Crippen LogP contribution in [0.5, 0.6) is 0 Å². The van der Waals surface area contributed by atoms with Crippen molar-refractivity contribution in [3.63, 3.8) is 0 Å². The average molecular weight is 374 g/mol. The fraction of sp³-hybridized carbons (Fsp3) is 0.357. The Morgan fingerprint density at radius 2 is 1.96 bits per heavy atom. The second-order valence-corrected chi connectivity index (χ2v) is 7.47. The van der Waals surface area contributed by atoms with Crippen LogP contribution in [0.25, 0.3) is 0 Å². The summed E-state index contributed by atoms with van der Waals surface area (Å²) in [5.41, 5.74) is 5.90. The van der Waals surface area contributed by atoms with Gasteiger partial charge >= 0.3 is 0 Å². The Kier molecular flexibility index (Phi) is 4.97. The van der Waals surface area contributed by atoms with Crippen molar-refractivity contribution in [3.8, 4) is 0 Å². The summed E-state index contributed by atoms with van der Waals surface area (Å²) in [4.78, 5) is 37.0. The molecular weight excluding hydrogens is 358 g/mol. The first-order valence-electron chi connectivity index (χ1n) is 7.04. The zero-order chi connectivity index (χ0) is 16.8. The summed E-state index contributed by atoms with van der Waals surface area (Å²) >= 11 is 0. The lowest BCUT2D eigenvalue weighted by Crippen LogP contribution is -2.52. The number of benzene rings is 1. The molecule has 1 aromatic rings. The molecule has 2 heterocycles. The summed E-state index contributed by atoms with van der Waals surface area (Å²) in [5.74, 6) is -1.88. The highest BCUT2D eigenvalue weighted by Crippen LogP contribution is 2.31. The van der Waals surface area contributed by atoms with Gasteiger partial charge in [-0.3, -0.25) is 19.7 Å². The summed E-state index contributed by atoms with van der Waals surface area (Å²) < 4.78 is 24.2. The molecule has 2 aliphatic heterocycles. The number of carbonyl (C=O) groups excluding carboxylic acids is 3. The summed E-state index contributed by atoms with van der Waals surface area (Å²) in [6.45, 7) is 0.00977. The minimum atomic E-state index is -3.68. The SMILES string of the molecule is Cl.NCS(=O)(=O)c1cccc2c1CN(C1CCC(=O)NC1=O)C2=O. The van der Waals surface area contributed by atoms with E-state index in [0.29, 0.717) is 5.56 Å². The number of amides is 3. The van der Waals surface area contributed by atoms with E-state index in [9.17, 15) is 22.8 Å². The third kappa shape index (κ3) is 2.90. The third-order valence-corrected chi connectivity index (χ3v) is 5.59. The van der Waals surface area contributed by atoms with Crippen LogP contribution < -0.4 is 11.1 Å². The number of piperidine rings is 1. The van der Waals surface area contributed by atoms with E-state index in [1.807, 2.05) is 0 Å². The van der Waals surface area contributed by atoms with Crippen molar-refractivity contribution in [2.75, 3.05) is 5.88 Å². The normalized spacial score (nSPS) is 20.5. The molecule has 0 radical (unpaired) electrons. The van der Waals surface area contributed by atoms with Crippen LogP contribution >= 0.6 is 12.4 Å². The molecule has 2 aliphatic rings. The molecule has 8 nitrogen and oxygen atoms in total. The topological polar surface area (TPSA) is 127 Å². The molecule has 0 saturated carbocycles. The number of hydrogen-bond acceptors (Lipinski definition) is 6. The third-order valence-electron chi connectivity index (χ3n) is 4.09. The monoisotopic (exact) mass is 373 g/mol. The molecule has 1 unspecified atom stereocenters. The Morgan fingerprint density at radius 1 is 1.25 bits per heavy atom. The zero-order valence-electron chi connectivity index (χ0n) is 12.5.